The van der Waals surface area contributed by atoms with Gasteiger partial charge in [0.25, 0.3) is 0 Å². The van der Waals surface area contributed by atoms with Gasteiger partial charge in [0.05, 0.1) is 10.8 Å². The summed E-state index contributed by atoms with van der Waals surface area (Å²) in [5.41, 5.74) is 7.23. The van der Waals surface area contributed by atoms with Gasteiger partial charge in [-0.1, -0.05) is 42.9 Å². The third kappa shape index (κ3) is 4.77. The summed E-state index contributed by atoms with van der Waals surface area (Å²) >= 11 is 4.61. The van der Waals surface area contributed by atoms with E-state index in [1.807, 2.05) is 24.3 Å². The van der Waals surface area contributed by atoms with Crippen LogP contribution in [0.15, 0.2) is 53.0 Å². The number of thiocarbonyl (C=S) groups is 1. The van der Waals surface area contributed by atoms with Crippen LogP contribution in [-0.2, 0) is 6.42 Å². The maximum atomic E-state index is 4.61. The zero-order valence-corrected chi connectivity index (χ0v) is 15.3. The summed E-state index contributed by atoms with van der Waals surface area (Å²) in [6, 6.07) is 14.3. The Hall–Kier alpha value is -2.46. The lowest BCUT2D eigenvalue weighted by Gasteiger charge is -2.16. The fourth-order valence-electron chi connectivity index (χ4n) is 3.05. The number of aliphatic imine (C=N–C) groups is 1. The van der Waals surface area contributed by atoms with Gasteiger partial charge in [-0.15, -0.1) is 0 Å². The molecule has 0 spiro atoms. The van der Waals surface area contributed by atoms with E-state index in [1.54, 1.807) is 5.57 Å². The first-order valence-corrected chi connectivity index (χ1v) is 9.21. The largest absolute Gasteiger partial charge is 0.195 e. The van der Waals surface area contributed by atoms with Crippen molar-refractivity contribution in [2.24, 2.45) is 4.99 Å². The lowest BCUT2D eigenvalue weighted by atomic mass is 9.89. The van der Waals surface area contributed by atoms with Crippen LogP contribution in [0.5, 0.6) is 0 Å². The Balaban J connectivity index is 1.75. The van der Waals surface area contributed by atoms with E-state index in [1.165, 1.54) is 36.8 Å². The molecule has 25 heavy (non-hydrogen) atoms. The van der Waals surface area contributed by atoms with Crippen molar-refractivity contribution in [2.45, 2.75) is 39.0 Å². The molecule has 0 heterocycles. The van der Waals surface area contributed by atoms with Crippen molar-refractivity contribution in [1.82, 2.24) is 0 Å². The maximum absolute atomic E-state index is 4.61. The van der Waals surface area contributed by atoms with Gasteiger partial charge in [-0.25, -0.2) is 0 Å². The summed E-state index contributed by atoms with van der Waals surface area (Å²) in [5.74, 6) is 6.49. The highest BCUT2D eigenvalue weighted by atomic mass is 32.1. The smallest absolute Gasteiger partial charge is 0.0740 e. The first-order chi connectivity index (χ1) is 12.3. The molecule has 2 heteroatoms. The number of rotatable bonds is 4. The van der Waals surface area contributed by atoms with Crippen LogP contribution < -0.4 is 0 Å². The summed E-state index contributed by atoms with van der Waals surface area (Å²) in [7, 11) is 0. The summed E-state index contributed by atoms with van der Waals surface area (Å²) in [5, 5.41) is 2.37. The number of hydrogen-bond acceptors (Lipinski definition) is 2. The van der Waals surface area contributed by atoms with Gasteiger partial charge < -0.3 is 0 Å². The van der Waals surface area contributed by atoms with E-state index < -0.39 is 0 Å². The topological polar surface area (TPSA) is 12.4 Å². The number of benzene rings is 2. The molecule has 0 amide bonds. The fraction of sp³-hybridized carbons (Fsp3) is 0.261. The van der Waals surface area contributed by atoms with E-state index in [9.17, 15) is 0 Å². The number of unbranched alkanes of at least 4 members (excludes halogenated alkanes) is 1. The molecular formula is C23H21NS. The van der Waals surface area contributed by atoms with E-state index >= 15 is 0 Å². The quantitative estimate of drug-likeness (QED) is 0.358. The van der Waals surface area contributed by atoms with Gasteiger partial charge in [-0.3, -0.25) is 0 Å². The minimum Gasteiger partial charge on any atom is -0.195 e. The molecule has 2 aromatic rings. The Morgan fingerprint density at radius 2 is 1.76 bits per heavy atom. The van der Waals surface area contributed by atoms with E-state index in [2.05, 4.69) is 65.4 Å². The summed E-state index contributed by atoms with van der Waals surface area (Å²) < 4.78 is 0. The van der Waals surface area contributed by atoms with E-state index in [0.717, 1.165) is 23.2 Å². The van der Waals surface area contributed by atoms with Crippen molar-refractivity contribution in [2.75, 3.05) is 0 Å². The molecule has 0 bridgehead atoms. The zero-order chi connectivity index (χ0) is 17.5. The highest BCUT2D eigenvalue weighted by molar-refractivity contribution is 7.78. The van der Waals surface area contributed by atoms with Crippen molar-refractivity contribution in [3.05, 3.63) is 70.3 Å². The monoisotopic (exact) mass is 343 g/mol. The van der Waals surface area contributed by atoms with Crippen LogP contribution in [0.2, 0.25) is 0 Å². The summed E-state index contributed by atoms with van der Waals surface area (Å²) in [6.07, 6.45) is 8.48. The number of allylic oxidation sites excluding steroid dienone is 1. The predicted molar refractivity (Wildman–Crippen MR) is 109 cm³/mol. The Morgan fingerprint density at radius 3 is 2.52 bits per heavy atom. The Labute approximate surface area is 155 Å². The molecule has 2 aromatic carbocycles. The molecule has 0 saturated heterocycles. The number of nitrogens with zero attached hydrogens (tertiary/aromatic N) is 1. The maximum Gasteiger partial charge on any atom is 0.0740 e. The van der Waals surface area contributed by atoms with Gasteiger partial charge in [-0.2, -0.15) is 4.99 Å². The Kier molecular flexibility index (Phi) is 5.96. The SMILES string of the molecule is CCCCC1=Cc2ccc(C#Cc3ccc(N=C=S)cc3)cc2CC1. The summed E-state index contributed by atoms with van der Waals surface area (Å²) in [4.78, 5) is 3.95. The molecule has 3 rings (SSSR count). The average Bonchev–Trinajstić information content (AvgIpc) is 2.66. The van der Waals surface area contributed by atoms with Crippen molar-refractivity contribution in [1.29, 1.82) is 0 Å². The fourth-order valence-corrected chi connectivity index (χ4v) is 3.15. The first kappa shape index (κ1) is 17.4. The van der Waals surface area contributed by atoms with Gasteiger partial charge in [0.2, 0.25) is 0 Å². The molecule has 0 fully saturated rings. The third-order valence-electron chi connectivity index (χ3n) is 4.46. The lowest BCUT2D eigenvalue weighted by molar-refractivity contribution is 0.749. The standard InChI is InChI=1S/C23H21NS/c1-2-3-4-19-7-11-22-16-20(8-12-21(22)15-19)6-5-18-9-13-23(14-10-18)24-17-25/h8-10,12-16H,2-4,7,11H2,1H3. The summed E-state index contributed by atoms with van der Waals surface area (Å²) in [6.45, 7) is 2.25. The molecular weight excluding hydrogens is 322 g/mol. The molecule has 0 atom stereocenters. The van der Waals surface area contributed by atoms with Gasteiger partial charge in [-0.05, 0) is 85.4 Å². The van der Waals surface area contributed by atoms with Crippen LogP contribution >= 0.6 is 12.2 Å². The Bertz CT molecular complexity index is 888. The zero-order valence-electron chi connectivity index (χ0n) is 14.5. The normalized spacial score (nSPS) is 12.3. The van der Waals surface area contributed by atoms with Crippen LogP contribution in [0.4, 0.5) is 5.69 Å². The third-order valence-corrected chi connectivity index (χ3v) is 4.55. The molecule has 0 aliphatic heterocycles. The highest BCUT2D eigenvalue weighted by Crippen LogP contribution is 2.27. The number of isothiocyanates is 1. The van der Waals surface area contributed by atoms with Gasteiger partial charge in [0.15, 0.2) is 0 Å². The van der Waals surface area contributed by atoms with Crippen LogP contribution in [0, 0.1) is 11.8 Å². The molecule has 1 nitrogen and oxygen atoms in total. The second kappa shape index (κ2) is 8.58. The van der Waals surface area contributed by atoms with Crippen LogP contribution in [0.1, 0.15) is 54.9 Å². The van der Waals surface area contributed by atoms with E-state index in [0.29, 0.717) is 0 Å². The average molecular weight is 343 g/mol. The number of hydrogen-bond donors (Lipinski definition) is 0. The molecule has 0 saturated carbocycles. The lowest BCUT2D eigenvalue weighted by Crippen LogP contribution is -2.00. The van der Waals surface area contributed by atoms with Crippen molar-refractivity contribution in [3.8, 4) is 11.8 Å². The molecule has 0 aromatic heterocycles. The molecule has 0 radical (unpaired) electrons. The molecule has 0 N–H and O–H groups in total. The van der Waals surface area contributed by atoms with Crippen molar-refractivity contribution >= 4 is 29.1 Å². The second-order valence-corrected chi connectivity index (χ2v) is 6.50. The minimum atomic E-state index is 0.806. The highest BCUT2D eigenvalue weighted by Gasteiger charge is 2.10. The van der Waals surface area contributed by atoms with Crippen LogP contribution in [-0.4, -0.2) is 5.16 Å². The van der Waals surface area contributed by atoms with Crippen LogP contribution in [0.3, 0.4) is 0 Å². The van der Waals surface area contributed by atoms with Crippen molar-refractivity contribution in [3.63, 3.8) is 0 Å². The van der Waals surface area contributed by atoms with Gasteiger partial charge >= 0.3 is 0 Å². The van der Waals surface area contributed by atoms with Crippen LogP contribution in [0.25, 0.3) is 6.08 Å². The van der Waals surface area contributed by atoms with Gasteiger partial charge in [0.1, 0.15) is 0 Å². The molecule has 1 aliphatic carbocycles. The van der Waals surface area contributed by atoms with E-state index in [-0.39, 0.29) is 0 Å². The van der Waals surface area contributed by atoms with Gasteiger partial charge in [0, 0.05) is 11.1 Å². The molecule has 124 valence electrons. The second-order valence-electron chi connectivity index (χ2n) is 6.32. The predicted octanol–water partition coefficient (Wildman–Crippen LogP) is 6.34. The molecule has 1 aliphatic rings. The number of fused-ring (bicyclic) bond motifs is 1. The van der Waals surface area contributed by atoms with E-state index in [4.69, 9.17) is 0 Å². The Morgan fingerprint density at radius 1 is 1.00 bits per heavy atom. The molecule has 0 unspecified atom stereocenters. The number of aryl methyl sites for hydroxylation is 1. The first-order valence-electron chi connectivity index (χ1n) is 8.81. The van der Waals surface area contributed by atoms with Crippen molar-refractivity contribution < 1.29 is 0 Å². The minimum absolute atomic E-state index is 0.806.